The predicted octanol–water partition coefficient (Wildman–Crippen LogP) is 3.47. The number of anilines is 1. The number of nitrogens with two attached hydrogens (primary N) is 1. The van der Waals surface area contributed by atoms with Gasteiger partial charge in [-0.15, -0.1) is 0 Å². The molecular weight excluding hydrogens is 442 g/mol. The number of nitrogens with zero attached hydrogens (tertiary/aromatic N) is 3. The number of primary amides is 1. The van der Waals surface area contributed by atoms with E-state index in [2.05, 4.69) is 28.7 Å². The number of hydrogen-bond donors (Lipinski definition) is 2. The lowest BCUT2D eigenvalue weighted by atomic mass is 9.90. The topological polar surface area (TPSA) is 110 Å². The number of carbonyl (C=O) groups excluding carboxylic acids is 3. The molecule has 33 heavy (non-hydrogen) atoms. The van der Waals surface area contributed by atoms with Crippen LogP contribution in [0.15, 0.2) is 18.3 Å². The molecule has 0 saturated carbocycles. The zero-order valence-electron chi connectivity index (χ0n) is 19.3. The number of halogens is 1. The van der Waals surface area contributed by atoms with Crippen molar-refractivity contribution in [2.75, 3.05) is 18.4 Å². The Kier molecular flexibility index (Phi) is 6.22. The quantitative estimate of drug-likeness (QED) is 0.695. The molecule has 9 heteroatoms. The van der Waals surface area contributed by atoms with Gasteiger partial charge in [-0.05, 0) is 42.7 Å². The normalized spacial score (nSPS) is 19.3. The number of carbonyl (C=O) groups is 3. The summed E-state index contributed by atoms with van der Waals surface area (Å²) in [5, 5.41) is 3.30. The average Bonchev–Trinajstić information content (AvgIpc) is 3.22. The lowest BCUT2D eigenvalue weighted by Crippen LogP contribution is -2.39. The fourth-order valence-corrected chi connectivity index (χ4v) is 5.21. The highest BCUT2D eigenvalue weighted by atomic mass is 35.5. The van der Waals surface area contributed by atoms with Crippen molar-refractivity contribution >= 4 is 35.1 Å². The Balaban J connectivity index is 1.55. The summed E-state index contributed by atoms with van der Waals surface area (Å²) in [7, 11) is 0. The molecule has 4 heterocycles. The Morgan fingerprint density at radius 2 is 2.06 bits per heavy atom. The Morgan fingerprint density at radius 3 is 2.76 bits per heavy atom. The number of pyridine rings is 1. The fraction of sp³-hybridized carbons (Fsp3) is 0.500. The second kappa shape index (κ2) is 8.82. The van der Waals surface area contributed by atoms with Crippen LogP contribution in [0.1, 0.15) is 56.1 Å². The summed E-state index contributed by atoms with van der Waals surface area (Å²) in [4.78, 5) is 42.5. The highest BCUT2D eigenvalue weighted by molar-refractivity contribution is 6.33. The number of aromatic nitrogens is 2. The van der Waals surface area contributed by atoms with E-state index in [0.717, 1.165) is 43.7 Å². The second-order valence-electron chi connectivity index (χ2n) is 9.96. The molecule has 2 aromatic rings. The van der Waals surface area contributed by atoms with Crippen molar-refractivity contribution in [3.05, 3.63) is 34.6 Å². The van der Waals surface area contributed by atoms with Gasteiger partial charge < -0.3 is 20.5 Å². The smallest absolute Gasteiger partial charge is 0.250 e. The maximum absolute atomic E-state index is 12.7. The van der Waals surface area contributed by atoms with Gasteiger partial charge in [0.2, 0.25) is 11.8 Å². The molecule has 1 atom stereocenters. The predicted molar refractivity (Wildman–Crippen MR) is 127 cm³/mol. The summed E-state index contributed by atoms with van der Waals surface area (Å²) < 4.78 is 2.09. The molecule has 0 aliphatic carbocycles. The van der Waals surface area contributed by atoms with Gasteiger partial charge in [-0.1, -0.05) is 25.4 Å². The molecule has 0 bridgehead atoms. The van der Waals surface area contributed by atoms with Crippen LogP contribution in [0, 0.1) is 11.3 Å². The van der Waals surface area contributed by atoms with Crippen molar-refractivity contribution in [1.29, 1.82) is 0 Å². The molecular formula is C24H30ClN5O3. The first kappa shape index (κ1) is 23.3. The molecule has 8 nitrogen and oxygen atoms in total. The molecule has 0 unspecified atom stereocenters. The van der Waals surface area contributed by atoms with Crippen molar-refractivity contribution in [3.63, 3.8) is 0 Å². The first-order valence-electron chi connectivity index (χ1n) is 11.3. The fourth-order valence-electron chi connectivity index (χ4n) is 5.01. The summed E-state index contributed by atoms with van der Waals surface area (Å²) in [5.41, 5.74) is 8.53. The highest BCUT2D eigenvalue weighted by Gasteiger charge is 2.34. The molecule has 3 amide bonds. The highest BCUT2D eigenvalue weighted by Crippen LogP contribution is 2.41. The van der Waals surface area contributed by atoms with E-state index in [1.807, 2.05) is 0 Å². The van der Waals surface area contributed by atoms with E-state index in [1.54, 1.807) is 24.0 Å². The third-order valence-corrected chi connectivity index (χ3v) is 6.84. The molecule has 0 radical (unpaired) electrons. The van der Waals surface area contributed by atoms with Crippen LogP contribution < -0.4 is 11.1 Å². The first-order valence-corrected chi connectivity index (χ1v) is 11.7. The third-order valence-electron chi connectivity index (χ3n) is 6.54. The van der Waals surface area contributed by atoms with Crippen LogP contribution in [-0.4, -0.2) is 45.3 Å². The van der Waals surface area contributed by atoms with Gasteiger partial charge in [0.05, 0.1) is 16.3 Å². The second-order valence-corrected chi connectivity index (χ2v) is 10.4. The van der Waals surface area contributed by atoms with Crippen LogP contribution in [0.25, 0.3) is 11.3 Å². The van der Waals surface area contributed by atoms with Crippen molar-refractivity contribution in [3.8, 4) is 11.3 Å². The van der Waals surface area contributed by atoms with Gasteiger partial charge in [-0.25, -0.2) is 4.98 Å². The van der Waals surface area contributed by atoms with E-state index in [1.165, 1.54) is 6.20 Å². The zero-order valence-corrected chi connectivity index (χ0v) is 20.0. The number of rotatable bonds is 5. The Morgan fingerprint density at radius 1 is 1.30 bits per heavy atom. The van der Waals surface area contributed by atoms with Gasteiger partial charge in [0.15, 0.2) is 0 Å². The molecule has 2 aliphatic rings. The molecule has 4 rings (SSSR count). The van der Waals surface area contributed by atoms with Gasteiger partial charge in [-0.2, -0.15) is 0 Å². The van der Waals surface area contributed by atoms with Gasteiger partial charge in [-0.3, -0.25) is 14.4 Å². The molecule has 2 aromatic heterocycles. The van der Waals surface area contributed by atoms with Crippen molar-refractivity contribution in [2.24, 2.45) is 17.1 Å². The third kappa shape index (κ3) is 4.90. The van der Waals surface area contributed by atoms with Crippen molar-refractivity contribution in [2.45, 2.75) is 53.0 Å². The number of piperidine rings is 1. The minimum absolute atomic E-state index is 0.000152. The lowest BCUT2D eigenvalue weighted by molar-refractivity contribution is -0.131. The van der Waals surface area contributed by atoms with Gasteiger partial charge in [0.1, 0.15) is 5.82 Å². The standard InChI is InChI=1S/C24H30ClN5O3/c1-14(31)29-6-4-5-15(12-29)7-22(32)28-21-9-16(18(25)11-27-21)19-8-17(23(26)33)20-10-24(2,3)13-30(19)20/h8-9,11,15H,4-7,10,12-13H2,1-3H3,(H2,26,33)(H,27,28,32)/t15-/m0/s1. The molecule has 2 aliphatic heterocycles. The van der Waals surface area contributed by atoms with E-state index in [0.29, 0.717) is 34.9 Å². The summed E-state index contributed by atoms with van der Waals surface area (Å²) in [6.45, 7) is 7.94. The number of fused-ring (bicyclic) bond motifs is 1. The minimum Gasteiger partial charge on any atom is -0.366 e. The number of nitrogens with one attached hydrogen (secondary N) is 1. The molecule has 0 aromatic carbocycles. The van der Waals surface area contributed by atoms with Crippen molar-refractivity contribution < 1.29 is 14.4 Å². The van der Waals surface area contributed by atoms with Gasteiger partial charge >= 0.3 is 0 Å². The molecule has 176 valence electrons. The van der Waals surface area contributed by atoms with Crippen LogP contribution in [0.3, 0.4) is 0 Å². The van der Waals surface area contributed by atoms with E-state index in [-0.39, 0.29) is 23.1 Å². The summed E-state index contributed by atoms with van der Waals surface area (Å²) in [6.07, 6.45) is 4.39. The van der Waals surface area contributed by atoms with Crippen LogP contribution >= 0.6 is 11.6 Å². The Hall–Kier alpha value is -2.87. The van der Waals surface area contributed by atoms with Crippen LogP contribution in [-0.2, 0) is 22.6 Å². The SMILES string of the molecule is CC(=O)N1CCC[C@@H](CC(=O)Nc2cc(-c3cc(C(N)=O)c4n3CC(C)(C)C4)c(Cl)cn2)C1. The van der Waals surface area contributed by atoms with Crippen LogP contribution in [0.2, 0.25) is 5.02 Å². The maximum Gasteiger partial charge on any atom is 0.250 e. The van der Waals surface area contributed by atoms with Crippen molar-refractivity contribution in [1.82, 2.24) is 14.5 Å². The zero-order chi connectivity index (χ0) is 23.9. The van der Waals surface area contributed by atoms with E-state index in [9.17, 15) is 14.4 Å². The average molecular weight is 472 g/mol. The Labute approximate surface area is 198 Å². The minimum atomic E-state index is -0.464. The number of amides is 3. The summed E-state index contributed by atoms with van der Waals surface area (Å²) in [6, 6.07) is 3.51. The van der Waals surface area contributed by atoms with Gasteiger partial charge in [0.25, 0.3) is 5.91 Å². The first-order chi connectivity index (χ1) is 15.5. The van der Waals surface area contributed by atoms with E-state index >= 15 is 0 Å². The summed E-state index contributed by atoms with van der Waals surface area (Å²) >= 11 is 6.49. The Bertz CT molecular complexity index is 1120. The molecule has 3 N–H and O–H groups in total. The maximum atomic E-state index is 12.7. The number of hydrogen-bond acceptors (Lipinski definition) is 4. The van der Waals surface area contributed by atoms with Crippen LogP contribution in [0.5, 0.6) is 0 Å². The molecule has 1 saturated heterocycles. The van der Waals surface area contributed by atoms with E-state index in [4.69, 9.17) is 17.3 Å². The largest absolute Gasteiger partial charge is 0.366 e. The number of likely N-dealkylation sites (tertiary alicyclic amines) is 1. The lowest BCUT2D eigenvalue weighted by Gasteiger charge is -2.31. The molecule has 1 fully saturated rings. The summed E-state index contributed by atoms with van der Waals surface area (Å²) in [5.74, 6) is -0.0443. The van der Waals surface area contributed by atoms with Gasteiger partial charge in [0, 0.05) is 50.4 Å². The van der Waals surface area contributed by atoms with E-state index < -0.39 is 5.91 Å². The molecule has 0 spiro atoms. The van der Waals surface area contributed by atoms with Crippen LogP contribution in [0.4, 0.5) is 5.82 Å². The monoisotopic (exact) mass is 471 g/mol.